The number of fused-ring (bicyclic) bond motifs is 3. The Hall–Kier alpha value is -4.92. The Labute approximate surface area is 337 Å². The summed E-state index contributed by atoms with van der Waals surface area (Å²) in [6.07, 6.45) is 9.62. The molecule has 2 N–H and O–H groups in total. The Bertz CT molecular complexity index is 2650. The van der Waals surface area contributed by atoms with Crippen LogP contribution in [0.2, 0.25) is 0 Å². The third-order valence-electron chi connectivity index (χ3n) is 10.9. The number of piperidine rings is 1. The molecule has 0 atom stereocenters. The Morgan fingerprint density at radius 2 is 1.30 bits per heavy atom. The maximum Gasteiger partial charge on any atom is 0.202 e. The molecule has 0 bridgehead atoms. The minimum absolute atomic E-state index is 0.0832. The van der Waals surface area contributed by atoms with Crippen LogP contribution < -0.4 is 10.9 Å². The Kier molecular flexibility index (Phi) is 11.5. The number of hydrogen-bond donors (Lipinski definition) is 2. The van der Waals surface area contributed by atoms with Gasteiger partial charge in [0.05, 0.1) is 56.5 Å². The zero-order valence-electron chi connectivity index (χ0n) is 32.4. The van der Waals surface area contributed by atoms with Crippen molar-refractivity contribution in [3.63, 3.8) is 0 Å². The van der Waals surface area contributed by atoms with Gasteiger partial charge in [-0.15, -0.1) is 22.7 Å². The Morgan fingerprint density at radius 1 is 0.737 bits per heavy atom. The number of morpholine rings is 1. The van der Waals surface area contributed by atoms with E-state index < -0.39 is 0 Å². The molecule has 2 fully saturated rings. The molecule has 3 aromatic carbocycles. The van der Waals surface area contributed by atoms with Gasteiger partial charge in [-0.1, -0.05) is 32.4 Å². The maximum atomic E-state index is 13.4. The first-order valence-corrected chi connectivity index (χ1v) is 21.3. The predicted molar refractivity (Wildman–Crippen MR) is 227 cm³/mol. The monoisotopic (exact) mass is 806 g/mol. The number of hydrogen-bond acceptors (Lipinski definition) is 13. The van der Waals surface area contributed by atoms with Crippen LogP contribution >= 0.6 is 22.7 Å². The maximum absolute atomic E-state index is 13.4. The van der Waals surface area contributed by atoms with Gasteiger partial charge in [0, 0.05) is 37.3 Å². The number of benzene rings is 3. The van der Waals surface area contributed by atoms with Crippen LogP contribution in [0.3, 0.4) is 0 Å². The Morgan fingerprint density at radius 3 is 1.84 bits per heavy atom. The standard InChI is InChI=1S/C23H22N2O4S.C21H24N2O3S/c1-2-14-11-15-21(27)17(23-24-18-5-3-4-6-19(18)30-23)13-29-22(15)16(20(14)26)12-25-7-9-28-10-8-25;1-3-14-9-15-19(25)17(21-22-10-13(2)27-21)12-26-20(15)16(18(14)24)11-23-7-5-4-6-8-23/h3-6,11,13,26H,2,7-10,12H2,1H3;9-10,12,24H,3-8,11H2,1-2H3. The van der Waals surface area contributed by atoms with Crippen LogP contribution in [0.1, 0.15) is 60.2 Å². The molecule has 11 nitrogen and oxygen atoms in total. The van der Waals surface area contributed by atoms with Gasteiger partial charge in [-0.3, -0.25) is 19.4 Å². The summed E-state index contributed by atoms with van der Waals surface area (Å²) < 4.78 is 18.3. The van der Waals surface area contributed by atoms with Crippen LogP contribution in [0.25, 0.3) is 53.3 Å². The van der Waals surface area contributed by atoms with Crippen LogP contribution in [-0.2, 0) is 30.7 Å². The van der Waals surface area contributed by atoms with Gasteiger partial charge in [0.2, 0.25) is 10.9 Å². The van der Waals surface area contributed by atoms with Crippen molar-refractivity contribution in [2.45, 2.75) is 66.0 Å². The van der Waals surface area contributed by atoms with Gasteiger partial charge in [-0.25, -0.2) is 9.97 Å². The number of aromatic hydroxyl groups is 2. The summed E-state index contributed by atoms with van der Waals surface area (Å²) in [5, 5.41) is 24.0. The molecule has 0 aliphatic carbocycles. The number of phenolic OH excluding ortho intramolecular Hbond substituents is 2. The van der Waals surface area contributed by atoms with E-state index >= 15 is 0 Å². The lowest BCUT2D eigenvalue weighted by Gasteiger charge is -2.27. The number of para-hydroxylation sites is 1. The van der Waals surface area contributed by atoms with Crippen molar-refractivity contribution >= 4 is 54.8 Å². The molecule has 13 heteroatoms. The summed E-state index contributed by atoms with van der Waals surface area (Å²) in [7, 11) is 0. The van der Waals surface area contributed by atoms with Crippen LogP contribution in [0.15, 0.2) is 73.5 Å². The summed E-state index contributed by atoms with van der Waals surface area (Å²) in [5.74, 6) is 0.476. The first-order chi connectivity index (χ1) is 27.7. The fourth-order valence-electron chi connectivity index (χ4n) is 7.70. The van der Waals surface area contributed by atoms with Gasteiger partial charge in [0.25, 0.3) is 0 Å². The minimum atomic E-state index is -0.117. The molecule has 0 amide bonds. The Balaban J connectivity index is 0.000000161. The lowest BCUT2D eigenvalue weighted by Crippen LogP contribution is -2.35. The summed E-state index contributed by atoms with van der Waals surface area (Å²) in [4.78, 5) is 41.1. The van der Waals surface area contributed by atoms with Crippen molar-refractivity contribution in [3.8, 4) is 32.6 Å². The largest absolute Gasteiger partial charge is 0.507 e. The summed E-state index contributed by atoms with van der Waals surface area (Å²) in [5.41, 5.74) is 5.48. The highest BCUT2D eigenvalue weighted by Crippen LogP contribution is 2.36. The average Bonchev–Trinajstić information content (AvgIpc) is 3.87. The molecular formula is C44H46N4O7S2. The van der Waals surface area contributed by atoms with Crippen molar-refractivity contribution in [1.29, 1.82) is 0 Å². The molecule has 7 aromatic rings. The fourth-order valence-corrected chi connectivity index (χ4v) is 9.44. The SMILES string of the molecule is CCc1cc2c(=O)c(-c3nc4ccccc4s3)coc2c(CN2CCOCC2)c1O.CCc1cc2c(=O)c(-c3ncc(C)s3)coc2c(CN2CCCCC2)c1O. The van der Waals surface area contributed by atoms with Gasteiger partial charge in [0.15, 0.2) is 0 Å². The van der Waals surface area contributed by atoms with E-state index in [2.05, 4.69) is 19.8 Å². The summed E-state index contributed by atoms with van der Waals surface area (Å²) in [6.45, 7) is 12.0. The van der Waals surface area contributed by atoms with Crippen molar-refractivity contribution in [2.24, 2.45) is 0 Å². The number of nitrogens with zero attached hydrogens (tertiary/aromatic N) is 4. The van der Waals surface area contributed by atoms with E-state index in [4.69, 9.17) is 13.6 Å². The van der Waals surface area contributed by atoms with Gasteiger partial charge < -0.3 is 23.8 Å². The number of ether oxygens (including phenoxy) is 1. The molecule has 296 valence electrons. The predicted octanol–water partition coefficient (Wildman–Crippen LogP) is 8.65. The van der Waals surface area contributed by atoms with Crippen LogP contribution in [0.5, 0.6) is 11.5 Å². The number of aryl methyl sites for hydroxylation is 3. The van der Waals surface area contributed by atoms with Crippen molar-refractivity contribution in [2.75, 3.05) is 39.4 Å². The number of thiazole rings is 2. The molecule has 2 aliphatic heterocycles. The zero-order chi connectivity index (χ0) is 39.6. The number of aromatic nitrogens is 2. The highest BCUT2D eigenvalue weighted by atomic mass is 32.1. The molecule has 0 saturated carbocycles. The minimum Gasteiger partial charge on any atom is -0.507 e. The van der Waals surface area contributed by atoms with Crippen LogP contribution in [0, 0.1) is 6.92 Å². The molecule has 9 rings (SSSR count). The topological polar surface area (TPSA) is 142 Å². The number of rotatable bonds is 8. The van der Waals surface area contributed by atoms with E-state index in [9.17, 15) is 19.8 Å². The second-order valence-corrected chi connectivity index (χ2v) is 16.9. The molecule has 6 heterocycles. The summed E-state index contributed by atoms with van der Waals surface area (Å²) in [6, 6.07) is 11.4. The first kappa shape index (κ1) is 38.9. The van der Waals surface area contributed by atoms with Gasteiger partial charge >= 0.3 is 0 Å². The highest BCUT2D eigenvalue weighted by molar-refractivity contribution is 7.21. The van der Waals surface area contributed by atoms with Crippen molar-refractivity contribution < 1.29 is 23.8 Å². The second-order valence-electron chi connectivity index (χ2n) is 14.6. The molecular weight excluding hydrogens is 761 g/mol. The molecule has 4 aromatic heterocycles. The molecule has 2 saturated heterocycles. The van der Waals surface area contributed by atoms with Gasteiger partial charge in [-0.05, 0) is 81.1 Å². The molecule has 57 heavy (non-hydrogen) atoms. The van der Waals surface area contributed by atoms with Crippen LogP contribution in [0.4, 0.5) is 0 Å². The zero-order valence-corrected chi connectivity index (χ0v) is 34.1. The van der Waals surface area contributed by atoms with Gasteiger partial charge in [0.1, 0.15) is 45.2 Å². The van der Waals surface area contributed by atoms with E-state index in [0.29, 0.717) is 87.8 Å². The van der Waals surface area contributed by atoms with Crippen molar-refractivity contribution in [1.82, 2.24) is 19.8 Å². The third-order valence-corrected chi connectivity index (χ3v) is 12.9. The highest BCUT2D eigenvalue weighted by Gasteiger charge is 2.24. The summed E-state index contributed by atoms with van der Waals surface area (Å²) >= 11 is 2.96. The lowest BCUT2D eigenvalue weighted by molar-refractivity contribution is 0.0339. The molecule has 2 aliphatic rings. The van der Waals surface area contributed by atoms with E-state index in [1.165, 1.54) is 54.5 Å². The quantitative estimate of drug-likeness (QED) is 0.152. The molecule has 0 unspecified atom stereocenters. The van der Waals surface area contributed by atoms with E-state index in [1.54, 1.807) is 18.3 Å². The van der Waals surface area contributed by atoms with E-state index in [0.717, 1.165) is 58.0 Å². The van der Waals surface area contributed by atoms with Crippen LogP contribution in [-0.4, -0.2) is 69.4 Å². The molecule has 0 spiro atoms. The third kappa shape index (κ3) is 7.86. The second kappa shape index (κ2) is 16.9. The van der Waals surface area contributed by atoms with E-state index in [1.807, 2.05) is 45.0 Å². The van der Waals surface area contributed by atoms with Crippen molar-refractivity contribution in [3.05, 3.63) is 103 Å². The fraction of sp³-hybridized carbons (Fsp3) is 0.364. The molecule has 0 radical (unpaired) electrons. The normalized spacial score (nSPS) is 15.4. The van der Waals surface area contributed by atoms with Gasteiger partial charge in [-0.2, -0.15) is 0 Å². The number of likely N-dealkylation sites (tertiary alicyclic amines) is 1. The average molecular weight is 807 g/mol. The number of phenols is 2. The smallest absolute Gasteiger partial charge is 0.202 e. The van der Waals surface area contributed by atoms with E-state index in [-0.39, 0.29) is 22.4 Å². The lowest BCUT2D eigenvalue weighted by atomic mass is 10.00. The first-order valence-electron chi connectivity index (χ1n) is 19.6.